The normalized spacial score (nSPS) is 10.8. The quantitative estimate of drug-likeness (QED) is 0.712. The number of hydrogen-bond donors (Lipinski definition) is 1. The van der Waals surface area contributed by atoms with Crippen molar-refractivity contribution in [3.05, 3.63) is 65.3 Å². The molecule has 1 aromatic heterocycles. The number of nitrogens with zero attached hydrogens (tertiary/aromatic N) is 1. The van der Waals surface area contributed by atoms with Crippen molar-refractivity contribution in [3.8, 4) is 11.3 Å². The van der Waals surface area contributed by atoms with Gasteiger partial charge in [-0.15, -0.1) is 0 Å². The van der Waals surface area contributed by atoms with Gasteiger partial charge in [0.1, 0.15) is 5.15 Å². The van der Waals surface area contributed by atoms with Crippen molar-refractivity contribution in [1.82, 2.24) is 4.98 Å². The van der Waals surface area contributed by atoms with Crippen LogP contribution in [-0.2, 0) is 6.61 Å². The molecule has 2 aromatic carbocycles. The smallest absolute Gasteiger partial charge is 0.135 e. The fourth-order valence-corrected chi connectivity index (χ4v) is 2.50. The molecular formula is C16H12ClNO. The van der Waals surface area contributed by atoms with Crippen molar-refractivity contribution < 1.29 is 5.11 Å². The van der Waals surface area contributed by atoms with Gasteiger partial charge >= 0.3 is 0 Å². The molecule has 3 heteroatoms. The van der Waals surface area contributed by atoms with E-state index in [9.17, 15) is 5.11 Å². The van der Waals surface area contributed by atoms with E-state index < -0.39 is 0 Å². The summed E-state index contributed by atoms with van der Waals surface area (Å²) in [5.74, 6) is 0. The molecule has 0 bridgehead atoms. The number of fused-ring (bicyclic) bond motifs is 1. The highest BCUT2D eigenvalue weighted by Crippen LogP contribution is 2.32. The van der Waals surface area contributed by atoms with E-state index in [1.54, 1.807) is 0 Å². The van der Waals surface area contributed by atoms with Crippen molar-refractivity contribution in [2.75, 3.05) is 0 Å². The van der Waals surface area contributed by atoms with Crippen LogP contribution < -0.4 is 0 Å². The molecule has 0 amide bonds. The first kappa shape index (κ1) is 12.2. The number of aromatic nitrogens is 1. The lowest BCUT2D eigenvalue weighted by molar-refractivity contribution is 0.283. The number of hydrogen-bond acceptors (Lipinski definition) is 2. The van der Waals surface area contributed by atoms with E-state index in [2.05, 4.69) is 4.98 Å². The lowest BCUT2D eigenvalue weighted by Gasteiger charge is -2.11. The van der Waals surface area contributed by atoms with Gasteiger partial charge in [-0.2, -0.15) is 0 Å². The minimum atomic E-state index is -0.110. The molecule has 3 rings (SSSR count). The fourth-order valence-electron chi connectivity index (χ4n) is 2.26. The van der Waals surface area contributed by atoms with Gasteiger partial charge in [0.25, 0.3) is 0 Å². The maximum atomic E-state index is 9.45. The Labute approximate surface area is 116 Å². The highest BCUT2D eigenvalue weighted by Gasteiger charge is 2.12. The molecule has 0 unspecified atom stereocenters. The van der Waals surface area contributed by atoms with Crippen molar-refractivity contribution in [3.63, 3.8) is 0 Å². The second-order valence-electron chi connectivity index (χ2n) is 4.30. The summed E-state index contributed by atoms with van der Waals surface area (Å²) in [5, 5.41) is 11.8. The summed E-state index contributed by atoms with van der Waals surface area (Å²) < 4.78 is 0. The van der Waals surface area contributed by atoms with Crippen LogP contribution in [-0.4, -0.2) is 10.1 Å². The third kappa shape index (κ3) is 2.09. The summed E-state index contributed by atoms with van der Waals surface area (Å²) in [5.41, 5.74) is 2.54. The average Bonchev–Trinajstić information content (AvgIpc) is 2.47. The number of aliphatic hydroxyl groups excluding tert-OH is 1. The van der Waals surface area contributed by atoms with Crippen LogP contribution >= 0.6 is 11.6 Å². The van der Waals surface area contributed by atoms with E-state index in [1.165, 1.54) is 0 Å². The van der Waals surface area contributed by atoms with Crippen LogP contribution in [0.15, 0.2) is 54.6 Å². The van der Waals surface area contributed by atoms with Crippen LogP contribution in [0.5, 0.6) is 0 Å². The third-order valence-corrected chi connectivity index (χ3v) is 3.48. The minimum absolute atomic E-state index is 0.110. The predicted molar refractivity (Wildman–Crippen MR) is 78.1 cm³/mol. The number of halogens is 1. The van der Waals surface area contributed by atoms with E-state index in [1.807, 2.05) is 54.6 Å². The molecule has 94 valence electrons. The van der Waals surface area contributed by atoms with Crippen LogP contribution in [0, 0.1) is 0 Å². The molecule has 0 saturated carbocycles. The molecule has 0 radical (unpaired) electrons. The summed E-state index contributed by atoms with van der Waals surface area (Å²) >= 11 is 6.19. The van der Waals surface area contributed by atoms with Crippen molar-refractivity contribution in [1.29, 1.82) is 0 Å². The van der Waals surface area contributed by atoms with Gasteiger partial charge in [0.15, 0.2) is 0 Å². The molecular weight excluding hydrogens is 258 g/mol. The zero-order valence-corrected chi connectivity index (χ0v) is 10.9. The first-order valence-corrected chi connectivity index (χ1v) is 6.42. The van der Waals surface area contributed by atoms with Gasteiger partial charge in [-0.05, 0) is 5.39 Å². The number of pyridine rings is 1. The zero-order chi connectivity index (χ0) is 13.2. The van der Waals surface area contributed by atoms with Gasteiger partial charge in [-0.25, -0.2) is 4.98 Å². The highest BCUT2D eigenvalue weighted by atomic mass is 35.5. The summed E-state index contributed by atoms with van der Waals surface area (Å²) in [4.78, 5) is 4.45. The standard InChI is InChI=1S/C16H12ClNO/c17-16-14(10-19)12-8-4-5-9-13(12)15(18-16)11-6-2-1-3-7-11/h1-9,19H,10H2. The Morgan fingerprint density at radius 3 is 2.21 bits per heavy atom. The van der Waals surface area contributed by atoms with Gasteiger partial charge in [0.2, 0.25) is 0 Å². The second kappa shape index (κ2) is 5.00. The summed E-state index contributed by atoms with van der Waals surface area (Å²) in [6, 6.07) is 17.8. The summed E-state index contributed by atoms with van der Waals surface area (Å²) in [7, 11) is 0. The fraction of sp³-hybridized carbons (Fsp3) is 0.0625. The minimum Gasteiger partial charge on any atom is -0.392 e. The third-order valence-electron chi connectivity index (χ3n) is 3.17. The van der Waals surface area contributed by atoms with Gasteiger partial charge in [-0.1, -0.05) is 66.2 Å². The van der Waals surface area contributed by atoms with E-state index >= 15 is 0 Å². The number of aliphatic hydroxyl groups is 1. The van der Waals surface area contributed by atoms with Gasteiger partial charge in [0, 0.05) is 16.5 Å². The van der Waals surface area contributed by atoms with Crippen molar-refractivity contribution in [2.45, 2.75) is 6.61 Å². The summed E-state index contributed by atoms with van der Waals surface area (Å²) in [6.45, 7) is -0.110. The lowest BCUT2D eigenvalue weighted by atomic mass is 10.0. The lowest BCUT2D eigenvalue weighted by Crippen LogP contribution is -1.95. The Balaban J connectivity index is 2.38. The van der Waals surface area contributed by atoms with Crippen LogP contribution in [0.3, 0.4) is 0 Å². The molecule has 0 atom stereocenters. The van der Waals surface area contributed by atoms with Gasteiger partial charge < -0.3 is 5.11 Å². The van der Waals surface area contributed by atoms with Gasteiger partial charge in [0.05, 0.1) is 12.3 Å². The molecule has 0 aliphatic carbocycles. The SMILES string of the molecule is OCc1c(Cl)nc(-c2ccccc2)c2ccccc12. The molecule has 0 spiro atoms. The Bertz CT molecular complexity index is 725. The van der Waals surface area contributed by atoms with Crippen LogP contribution in [0.25, 0.3) is 22.0 Å². The molecule has 1 N–H and O–H groups in total. The Morgan fingerprint density at radius 1 is 0.895 bits per heavy atom. The number of benzene rings is 2. The van der Waals surface area contributed by atoms with Crippen molar-refractivity contribution >= 4 is 22.4 Å². The maximum absolute atomic E-state index is 9.45. The average molecular weight is 270 g/mol. The number of rotatable bonds is 2. The molecule has 0 aliphatic heterocycles. The van der Waals surface area contributed by atoms with E-state index in [0.29, 0.717) is 10.7 Å². The van der Waals surface area contributed by atoms with Crippen LogP contribution in [0.1, 0.15) is 5.56 Å². The Kier molecular flexibility index (Phi) is 3.20. The zero-order valence-electron chi connectivity index (χ0n) is 10.2. The first-order valence-electron chi connectivity index (χ1n) is 6.04. The van der Waals surface area contributed by atoms with E-state index in [4.69, 9.17) is 11.6 Å². The van der Waals surface area contributed by atoms with Crippen LogP contribution in [0.4, 0.5) is 0 Å². The van der Waals surface area contributed by atoms with E-state index in [0.717, 1.165) is 22.0 Å². The monoisotopic (exact) mass is 269 g/mol. The van der Waals surface area contributed by atoms with Crippen LogP contribution in [0.2, 0.25) is 5.15 Å². The predicted octanol–water partition coefficient (Wildman–Crippen LogP) is 4.05. The molecule has 3 aromatic rings. The topological polar surface area (TPSA) is 33.1 Å². The molecule has 1 heterocycles. The molecule has 0 aliphatic rings. The maximum Gasteiger partial charge on any atom is 0.135 e. The largest absolute Gasteiger partial charge is 0.392 e. The molecule has 19 heavy (non-hydrogen) atoms. The second-order valence-corrected chi connectivity index (χ2v) is 4.66. The molecule has 0 fully saturated rings. The highest BCUT2D eigenvalue weighted by molar-refractivity contribution is 6.31. The Hall–Kier alpha value is -1.90. The Morgan fingerprint density at radius 2 is 1.53 bits per heavy atom. The summed E-state index contributed by atoms with van der Waals surface area (Å²) in [6.07, 6.45) is 0. The first-order chi connectivity index (χ1) is 9.31. The van der Waals surface area contributed by atoms with E-state index in [-0.39, 0.29) is 6.61 Å². The molecule has 2 nitrogen and oxygen atoms in total. The molecule has 0 saturated heterocycles. The van der Waals surface area contributed by atoms with Gasteiger partial charge in [-0.3, -0.25) is 0 Å². The van der Waals surface area contributed by atoms with Crippen molar-refractivity contribution in [2.24, 2.45) is 0 Å².